The van der Waals surface area contributed by atoms with Crippen molar-refractivity contribution in [3.63, 3.8) is 0 Å². The Morgan fingerprint density at radius 1 is 1.04 bits per heavy atom. The molecule has 122 valence electrons. The van der Waals surface area contributed by atoms with E-state index in [2.05, 4.69) is 29.3 Å². The Bertz CT molecular complexity index is 626. The summed E-state index contributed by atoms with van der Waals surface area (Å²) < 4.78 is 0. The quantitative estimate of drug-likeness (QED) is 0.863. The van der Waals surface area contributed by atoms with Crippen molar-refractivity contribution < 1.29 is 5.11 Å². The summed E-state index contributed by atoms with van der Waals surface area (Å²) in [7, 11) is 3.69. The van der Waals surface area contributed by atoms with Gasteiger partial charge in [0.2, 0.25) is 0 Å². The number of hydrogen-bond donors (Lipinski definition) is 1. The standard InChI is InChI=1S/C18H20N2OS.BrH/c1-19-17-20(2)18(21,13-22-17)16(14-9-5-3-6-10-14)15-11-7-4-8-12-15;/h3-12,16,21H,13H2,1-2H3;1H. The lowest BCUT2D eigenvalue weighted by molar-refractivity contribution is -0.0434. The lowest BCUT2D eigenvalue weighted by atomic mass is 9.82. The fourth-order valence-corrected chi connectivity index (χ4v) is 4.22. The van der Waals surface area contributed by atoms with E-state index in [-0.39, 0.29) is 22.9 Å². The number of likely N-dealkylation sites (N-methyl/N-ethyl adjacent to an activating group) is 1. The van der Waals surface area contributed by atoms with E-state index >= 15 is 0 Å². The molecule has 1 atom stereocenters. The third-order valence-corrected chi connectivity index (χ3v) is 5.48. The molecule has 0 radical (unpaired) electrons. The molecule has 2 aromatic carbocycles. The molecule has 1 saturated heterocycles. The summed E-state index contributed by atoms with van der Waals surface area (Å²) in [5.74, 6) is 0.483. The molecule has 0 bridgehead atoms. The van der Waals surface area contributed by atoms with Gasteiger partial charge in [-0.15, -0.1) is 17.0 Å². The number of aliphatic imine (C=N–C) groups is 1. The SMILES string of the molecule is Br.CN=C1SCC(O)(C(c2ccccc2)c2ccccc2)N1C. The average Bonchev–Trinajstić information content (AvgIpc) is 2.85. The molecule has 3 rings (SSSR count). The number of benzene rings is 2. The van der Waals surface area contributed by atoms with Crippen LogP contribution in [0.2, 0.25) is 0 Å². The van der Waals surface area contributed by atoms with Gasteiger partial charge in [0.05, 0.1) is 5.92 Å². The summed E-state index contributed by atoms with van der Waals surface area (Å²) in [6, 6.07) is 20.4. The molecule has 0 aliphatic carbocycles. The lowest BCUT2D eigenvalue weighted by Gasteiger charge is -2.38. The average molecular weight is 393 g/mol. The fraction of sp³-hybridized carbons (Fsp3) is 0.278. The van der Waals surface area contributed by atoms with Crippen LogP contribution in [0.3, 0.4) is 0 Å². The van der Waals surface area contributed by atoms with Crippen molar-refractivity contribution in [1.29, 1.82) is 0 Å². The van der Waals surface area contributed by atoms with E-state index in [1.165, 1.54) is 0 Å². The topological polar surface area (TPSA) is 35.8 Å². The zero-order chi connectivity index (χ0) is 15.6. The molecule has 2 aromatic rings. The second-order valence-corrected chi connectivity index (χ2v) is 6.43. The molecule has 1 fully saturated rings. The van der Waals surface area contributed by atoms with Gasteiger partial charge in [0, 0.05) is 19.8 Å². The minimum absolute atomic E-state index is 0. The number of nitrogens with zero attached hydrogens (tertiary/aromatic N) is 2. The first-order valence-electron chi connectivity index (χ1n) is 7.32. The van der Waals surface area contributed by atoms with Gasteiger partial charge in [0.25, 0.3) is 0 Å². The van der Waals surface area contributed by atoms with Crippen molar-refractivity contribution >= 4 is 33.9 Å². The highest BCUT2D eigenvalue weighted by Crippen LogP contribution is 2.43. The predicted octanol–water partition coefficient (Wildman–Crippen LogP) is 3.75. The van der Waals surface area contributed by atoms with Crippen LogP contribution in [-0.4, -0.2) is 40.7 Å². The van der Waals surface area contributed by atoms with Crippen LogP contribution in [0.25, 0.3) is 0 Å². The van der Waals surface area contributed by atoms with E-state index in [9.17, 15) is 5.11 Å². The highest BCUT2D eigenvalue weighted by molar-refractivity contribution is 8.93. The highest BCUT2D eigenvalue weighted by atomic mass is 79.9. The van der Waals surface area contributed by atoms with Crippen molar-refractivity contribution in [2.24, 2.45) is 4.99 Å². The number of rotatable bonds is 3. The first-order chi connectivity index (χ1) is 10.7. The van der Waals surface area contributed by atoms with E-state index in [1.807, 2.05) is 48.3 Å². The molecule has 0 amide bonds. The summed E-state index contributed by atoms with van der Waals surface area (Å²) in [5.41, 5.74) is 1.24. The van der Waals surface area contributed by atoms with Gasteiger partial charge < -0.3 is 10.0 Å². The summed E-state index contributed by atoms with van der Waals surface area (Å²) >= 11 is 1.60. The third-order valence-electron chi connectivity index (χ3n) is 4.20. The Labute approximate surface area is 152 Å². The van der Waals surface area contributed by atoms with Gasteiger partial charge in [-0.3, -0.25) is 4.99 Å². The Hall–Kier alpha value is -1.30. The zero-order valence-electron chi connectivity index (χ0n) is 13.2. The molecular formula is C18H21BrN2OS. The maximum Gasteiger partial charge on any atom is 0.161 e. The number of thioether (sulfide) groups is 1. The van der Waals surface area contributed by atoms with Crippen molar-refractivity contribution in [2.75, 3.05) is 19.8 Å². The number of aliphatic hydroxyl groups is 1. The fourth-order valence-electron chi connectivity index (χ4n) is 3.04. The number of hydrogen-bond acceptors (Lipinski definition) is 3. The molecule has 0 saturated carbocycles. The third kappa shape index (κ3) is 3.32. The summed E-state index contributed by atoms with van der Waals surface area (Å²) in [6.07, 6.45) is 0. The molecule has 1 heterocycles. The molecule has 1 N–H and O–H groups in total. The lowest BCUT2D eigenvalue weighted by Crippen LogP contribution is -2.50. The monoisotopic (exact) mass is 392 g/mol. The van der Waals surface area contributed by atoms with Gasteiger partial charge in [0.15, 0.2) is 10.9 Å². The molecule has 1 aliphatic heterocycles. The van der Waals surface area contributed by atoms with Gasteiger partial charge >= 0.3 is 0 Å². The van der Waals surface area contributed by atoms with Crippen LogP contribution in [0, 0.1) is 0 Å². The molecule has 5 heteroatoms. The second kappa shape index (κ2) is 7.51. The van der Waals surface area contributed by atoms with Crippen LogP contribution in [0.4, 0.5) is 0 Å². The van der Waals surface area contributed by atoms with E-state index < -0.39 is 5.72 Å². The number of amidine groups is 1. The first kappa shape index (κ1) is 18.0. The Morgan fingerprint density at radius 2 is 1.52 bits per heavy atom. The van der Waals surface area contributed by atoms with E-state index in [4.69, 9.17) is 0 Å². The van der Waals surface area contributed by atoms with E-state index in [0.717, 1.165) is 16.3 Å². The van der Waals surface area contributed by atoms with Crippen LogP contribution in [0.5, 0.6) is 0 Å². The maximum atomic E-state index is 11.5. The zero-order valence-corrected chi connectivity index (χ0v) is 15.7. The minimum atomic E-state index is -0.984. The summed E-state index contributed by atoms with van der Waals surface area (Å²) in [4.78, 5) is 6.18. The molecule has 0 aromatic heterocycles. The maximum absolute atomic E-state index is 11.5. The Kier molecular flexibility index (Phi) is 5.89. The van der Waals surface area contributed by atoms with Crippen LogP contribution >= 0.6 is 28.7 Å². The number of halogens is 1. The normalized spacial score (nSPS) is 22.4. The van der Waals surface area contributed by atoms with Crippen LogP contribution in [-0.2, 0) is 0 Å². The van der Waals surface area contributed by atoms with Crippen LogP contribution < -0.4 is 0 Å². The molecule has 0 spiro atoms. The van der Waals surface area contributed by atoms with Crippen molar-refractivity contribution in [3.8, 4) is 0 Å². The Morgan fingerprint density at radius 3 is 1.91 bits per heavy atom. The summed E-state index contributed by atoms with van der Waals surface area (Å²) in [5, 5.41) is 12.3. The van der Waals surface area contributed by atoms with Crippen molar-refractivity contribution in [2.45, 2.75) is 11.6 Å². The van der Waals surface area contributed by atoms with Gasteiger partial charge in [0.1, 0.15) is 0 Å². The van der Waals surface area contributed by atoms with E-state index in [1.54, 1.807) is 18.8 Å². The van der Waals surface area contributed by atoms with Crippen molar-refractivity contribution in [1.82, 2.24) is 4.90 Å². The van der Waals surface area contributed by atoms with E-state index in [0.29, 0.717) is 5.75 Å². The van der Waals surface area contributed by atoms with Crippen LogP contribution in [0.1, 0.15) is 17.0 Å². The smallest absolute Gasteiger partial charge is 0.161 e. The van der Waals surface area contributed by atoms with Gasteiger partial charge in [-0.05, 0) is 11.1 Å². The molecular weight excluding hydrogens is 372 g/mol. The first-order valence-corrected chi connectivity index (χ1v) is 8.31. The molecule has 23 heavy (non-hydrogen) atoms. The highest BCUT2D eigenvalue weighted by Gasteiger charge is 2.48. The van der Waals surface area contributed by atoms with Crippen LogP contribution in [0.15, 0.2) is 65.7 Å². The molecule has 3 nitrogen and oxygen atoms in total. The Balaban J connectivity index is 0.00000192. The van der Waals surface area contributed by atoms with Gasteiger partial charge in [-0.25, -0.2) is 0 Å². The second-order valence-electron chi connectivity index (χ2n) is 5.49. The minimum Gasteiger partial charge on any atom is -0.369 e. The van der Waals surface area contributed by atoms with Crippen molar-refractivity contribution in [3.05, 3.63) is 71.8 Å². The predicted molar refractivity (Wildman–Crippen MR) is 104 cm³/mol. The summed E-state index contributed by atoms with van der Waals surface area (Å²) in [6.45, 7) is 0. The largest absolute Gasteiger partial charge is 0.369 e. The molecule has 1 unspecified atom stereocenters. The molecule has 1 aliphatic rings. The van der Waals surface area contributed by atoms with Gasteiger partial charge in [-0.1, -0.05) is 72.4 Å². The van der Waals surface area contributed by atoms with Gasteiger partial charge in [-0.2, -0.15) is 0 Å².